The van der Waals surface area contributed by atoms with Gasteiger partial charge in [0, 0.05) is 25.2 Å². The molecule has 0 aliphatic carbocycles. The molecular formula is C9H11ClN4O. The molecule has 0 amide bonds. The number of H-pyrrole nitrogens is 1. The van der Waals surface area contributed by atoms with E-state index in [-0.39, 0.29) is 0 Å². The minimum Gasteiger partial charge on any atom is -0.388 e. The highest BCUT2D eigenvalue weighted by molar-refractivity contribution is 6.29. The first kappa shape index (κ1) is 10.2. The molecule has 0 radical (unpaired) electrons. The molecule has 0 spiro atoms. The van der Waals surface area contributed by atoms with Crippen molar-refractivity contribution in [3.8, 4) is 0 Å². The fraction of sp³-hybridized carbons (Fsp3) is 0.333. The van der Waals surface area contributed by atoms with Gasteiger partial charge in [-0.05, 0) is 0 Å². The van der Waals surface area contributed by atoms with Gasteiger partial charge in [0.2, 0.25) is 0 Å². The molecule has 2 rings (SSSR count). The van der Waals surface area contributed by atoms with Gasteiger partial charge in [0.1, 0.15) is 11.0 Å². The zero-order valence-electron chi connectivity index (χ0n) is 8.18. The first-order chi connectivity index (χ1) is 7.18. The molecule has 5 nitrogen and oxygen atoms in total. The van der Waals surface area contributed by atoms with E-state index in [0.29, 0.717) is 11.6 Å². The van der Waals surface area contributed by atoms with Crippen molar-refractivity contribution in [3.63, 3.8) is 0 Å². The van der Waals surface area contributed by atoms with Crippen molar-refractivity contribution in [2.45, 2.75) is 12.5 Å². The van der Waals surface area contributed by atoms with Gasteiger partial charge in [0.25, 0.3) is 0 Å². The number of aromatic amines is 1. The van der Waals surface area contributed by atoms with E-state index in [1.807, 2.05) is 7.05 Å². The van der Waals surface area contributed by atoms with Crippen molar-refractivity contribution >= 4 is 11.6 Å². The fourth-order valence-electron chi connectivity index (χ4n) is 1.35. The van der Waals surface area contributed by atoms with Gasteiger partial charge in [-0.3, -0.25) is 5.10 Å². The second kappa shape index (κ2) is 4.04. The van der Waals surface area contributed by atoms with E-state index in [0.717, 1.165) is 11.4 Å². The predicted octanol–water partition coefficient (Wildman–Crippen LogP) is 1.07. The van der Waals surface area contributed by atoms with Crippen LogP contribution in [0.25, 0.3) is 0 Å². The van der Waals surface area contributed by atoms with Crippen LogP contribution in [0.2, 0.25) is 5.15 Å². The lowest BCUT2D eigenvalue weighted by Gasteiger charge is -2.07. The molecule has 0 aliphatic rings. The second-order valence-electron chi connectivity index (χ2n) is 3.31. The van der Waals surface area contributed by atoms with E-state index in [4.69, 9.17) is 11.6 Å². The van der Waals surface area contributed by atoms with Crippen molar-refractivity contribution in [2.24, 2.45) is 7.05 Å². The maximum absolute atomic E-state index is 9.84. The molecule has 1 unspecified atom stereocenters. The van der Waals surface area contributed by atoms with Crippen molar-refractivity contribution in [1.29, 1.82) is 0 Å². The van der Waals surface area contributed by atoms with Crippen LogP contribution in [0.1, 0.15) is 17.5 Å². The zero-order valence-corrected chi connectivity index (χ0v) is 8.94. The highest BCUT2D eigenvalue weighted by atomic mass is 35.5. The molecule has 0 aromatic carbocycles. The summed E-state index contributed by atoms with van der Waals surface area (Å²) >= 11 is 5.84. The van der Waals surface area contributed by atoms with Crippen LogP contribution in [-0.2, 0) is 13.5 Å². The van der Waals surface area contributed by atoms with Crippen molar-refractivity contribution < 1.29 is 5.11 Å². The molecule has 0 aliphatic heterocycles. The third kappa shape index (κ3) is 2.03. The third-order valence-corrected chi connectivity index (χ3v) is 2.66. The number of rotatable bonds is 3. The minimum absolute atomic E-state index is 0.419. The number of imidazole rings is 1. The number of nitrogens with zero attached hydrogens (tertiary/aromatic N) is 3. The molecule has 0 fully saturated rings. The van der Waals surface area contributed by atoms with Crippen LogP contribution in [-0.4, -0.2) is 24.9 Å². The Kier molecular flexibility index (Phi) is 2.75. The van der Waals surface area contributed by atoms with Crippen LogP contribution >= 0.6 is 11.6 Å². The SMILES string of the molecule is Cn1c(Cl)cnc1CC(O)c1cn[nH]c1. The van der Waals surface area contributed by atoms with E-state index < -0.39 is 6.10 Å². The minimum atomic E-state index is -0.610. The molecule has 0 bridgehead atoms. The predicted molar refractivity (Wildman–Crippen MR) is 55.5 cm³/mol. The maximum atomic E-state index is 9.84. The summed E-state index contributed by atoms with van der Waals surface area (Å²) in [6.45, 7) is 0. The molecule has 0 saturated carbocycles. The number of hydrogen-bond donors (Lipinski definition) is 2. The summed E-state index contributed by atoms with van der Waals surface area (Å²) < 4.78 is 1.74. The number of nitrogens with one attached hydrogen (secondary N) is 1. The van der Waals surface area contributed by atoms with Gasteiger partial charge in [-0.1, -0.05) is 11.6 Å². The standard InChI is InChI=1S/C9H11ClN4O/c1-14-8(10)5-11-9(14)2-7(15)6-3-12-13-4-6/h3-5,7,15H,2H2,1H3,(H,12,13). The highest BCUT2D eigenvalue weighted by Gasteiger charge is 2.13. The number of hydrogen-bond acceptors (Lipinski definition) is 3. The van der Waals surface area contributed by atoms with Crippen molar-refractivity contribution in [3.05, 3.63) is 35.1 Å². The van der Waals surface area contributed by atoms with Crippen LogP contribution in [0, 0.1) is 0 Å². The summed E-state index contributed by atoms with van der Waals surface area (Å²) in [6.07, 6.45) is 4.63. The van der Waals surface area contributed by atoms with Gasteiger partial charge >= 0.3 is 0 Å². The summed E-state index contributed by atoms with van der Waals surface area (Å²) in [5.74, 6) is 0.744. The van der Waals surface area contributed by atoms with Gasteiger partial charge in [-0.15, -0.1) is 0 Å². The number of aliphatic hydroxyl groups is 1. The molecule has 2 aromatic rings. The Morgan fingerprint density at radius 2 is 2.40 bits per heavy atom. The molecule has 2 heterocycles. The third-order valence-electron chi connectivity index (χ3n) is 2.31. The summed E-state index contributed by atoms with van der Waals surface area (Å²) in [4.78, 5) is 4.11. The zero-order chi connectivity index (χ0) is 10.8. The topological polar surface area (TPSA) is 66.7 Å². The first-order valence-corrected chi connectivity index (χ1v) is 4.89. The fourth-order valence-corrected chi connectivity index (χ4v) is 1.49. The summed E-state index contributed by atoms with van der Waals surface area (Å²) in [7, 11) is 1.81. The lowest BCUT2D eigenvalue weighted by atomic mass is 10.1. The van der Waals surface area contributed by atoms with Gasteiger partial charge in [-0.2, -0.15) is 5.10 Å². The Bertz CT molecular complexity index is 437. The normalized spacial score (nSPS) is 13.0. The molecule has 2 N–H and O–H groups in total. The highest BCUT2D eigenvalue weighted by Crippen LogP contribution is 2.18. The number of aromatic nitrogens is 4. The van der Waals surface area contributed by atoms with E-state index >= 15 is 0 Å². The summed E-state index contributed by atoms with van der Waals surface area (Å²) in [6, 6.07) is 0. The monoisotopic (exact) mass is 226 g/mol. The molecule has 80 valence electrons. The largest absolute Gasteiger partial charge is 0.388 e. The summed E-state index contributed by atoms with van der Waals surface area (Å²) in [5.41, 5.74) is 0.745. The Labute approximate surface area is 91.7 Å². The van der Waals surface area contributed by atoms with E-state index in [9.17, 15) is 5.11 Å². The summed E-state index contributed by atoms with van der Waals surface area (Å²) in [5, 5.41) is 16.8. The lowest BCUT2D eigenvalue weighted by Crippen LogP contribution is -2.06. The van der Waals surface area contributed by atoms with Gasteiger partial charge in [0.05, 0.1) is 18.5 Å². The van der Waals surface area contributed by atoms with Crippen molar-refractivity contribution in [1.82, 2.24) is 19.7 Å². The molecule has 1 atom stereocenters. The Morgan fingerprint density at radius 1 is 1.60 bits per heavy atom. The molecule has 15 heavy (non-hydrogen) atoms. The van der Waals surface area contributed by atoms with Gasteiger partial charge < -0.3 is 9.67 Å². The average molecular weight is 227 g/mol. The Hall–Kier alpha value is -1.33. The smallest absolute Gasteiger partial charge is 0.128 e. The van der Waals surface area contributed by atoms with E-state index in [1.54, 1.807) is 23.2 Å². The molecular weight excluding hydrogens is 216 g/mol. The lowest BCUT2D eigenvalue weighted by molar-refractivity contribution is 0.175. The van der Waals surface area contributed by atoms with Crippen LogP contribution in [0.4, 0.5) is 0 Å². The van der Waals surface area contributed by atoms with Crippen molar-refractivity contribution in [2.75, 3.05) is 0 Å². The Balaban J connectivity index is 2.12. The quantitative estimate of drug-likeness (QED) is 0.823. The van der Waals surface area contributed by atoms with Crippen LogP contribution < -0.4 is 0 Å². The number of halogens is 1. The number of aliphatic hydroxyl groups excluding tert-OH is 1. The second-order valence-corrected chi connectivity index (χ2v) is 3.69. The Morgan fingerprint density at radius 3 is 2.93 bits per heavy atom. The molecule has 6 heteroatoms. The van der Waals surface area contributed by atoms with Crippen LogP contribution in [0.5, 0.6) is 0 Å². The van der Waals surface area contributed by atoms with Gasteiger partial charge in [-0.25, -0.2) is 4.98 Å². The maximum Gasteiger partial charge on any atom is 0.128 e. The van der Waals surface area contributed by atoms with E-state index in [2.05, 4.69) is 15.2 Å². The molecule has 2 aromatic heterocycles. The average Bonchev–Trinajstić information content (AvgIpc) is 2.83. The first-order valence-electron chi connectivity index (χ1n) is 4.51. The van der Waals surface area contributed by atoms with Crippen LogP contribution in [0.15, 0.2) is 18.6 Å². The van der Waals surface area contributed by atoms with Crippen LogP contribution in [0.3, 0.4) is 0 Å². The van der Waals surface area contributed by atoms with Gasteiger partial charge in [0.15, 0.2) is 0 Å². The molecule has 0 saturated heterocycles. The van der Waals surface area contributed by atoms with E-state index in [1.165, 1.54) is 0 Å².